The average molecular weight is 342 g/mol. The summed E-state index contributed by atoms with van der Waals surface area (Å²) in [7, 11) is 0. The van der Waals surface area contributed by atoms with Crippen LogP contribution in [0.15, 0.2) is 40.9 Å². The summed E-state index contributed by atoms with van der Waals surface area (Å²) in [5.41, 5.74) is 6.60. The van der Waals surface area contributed by atoms with Gasteiger partial charge in [0.1, 0.15) is 24.0 Å². The van der Waals surface area contributed by atoms with Crippen LogP contribution < -0.4 is 10.5 Å². The molecule has 0 unspecified atom stereocenters. The van der Waals surface area contributed by atoms with Crippen LogP contribution in [0.25, 0.3) is 0 Å². The lowest BCUT2D eigenvalue weighted by atomic mass is 10.1. The summed E-state index contributed by atoms with van der Waals surface area (Å²) in [6.45, 7) is 0.472. The highest BCUT2D eigenvalue weighted by atomic mass is 79.9. The summed E-state index contributed by atoms with van der Waals surface area (Å²) in [6.07, 6.45) is 0.508. The second-order valence-electron chi connectivity index (χ2n) is 4.32. The first-order chi connectivity index (χ1) is 9.60. The number of hydrogen-bond donors (Lipinski definition) is 1. The van der Waals surface area contributed by atoms with Crippen LogP contribution in [-0.4, -0.2) is 6.54 Å². The highest BCUT2D eigenvalue weighted by Gasteiger charge is 2.08. The Hall–Kier alpha value is -1.46. The van der Waals surface area contributed by atoms with Gasteiger partial charge in [-0.3, -0.25) is 0 Å². The van der Waals surface area contributed by atoms with Crippen molar-refractivity contribution < 1.29 is 13.5 Å². The quantitative estimate of drug-likeness (QED) is 0.897. The molecule has 2 rings (SSSR count). The van der Waals surface area contributed by atoms with E-state index in [1.807, 2.05) is 0 Å². The Morgan fingerprint density at radius 1 is 1.05 bits per heavy atom. The van der Waals surface area contributed by atoms with E-state index in [4.69, 9.17) is 10.5 Å². The minimum atomic E-state index is -0.338. The number of hydrogen-bond acceptors (Lipinski definition) is 2. The van der Waals surface area contributed by atoms with Gasteiger partial charge in [0.15, 0.2) is 0 Å². The zero-order valence-electron chi connectivity index (χ0n) is 10.7. The van der Waals surface area contributed by atoms with Crippen LogP contribution in [-0.2, 0) is 13.0 Å². The lowest BCUT2D eigenvalue weighted by molar-refractivity contribution is 0.296. The predicted octanol–water partition coefficient (Wildman–Crippen LogP) is 3.81. The lowest BCUT2D eigenvalue weighted by Crippen LogP contribution is -2.06. The standard InChI is InChI=1S/C15H14BrF2NO/c16-12-1-3-14(18)11(7-12)9-20-15-4-2-13(17)8-10(15)5-6-19/h1-4,7-8H,5-6,9,19H2. The van der Waals surface area contributed by atoms with Crippen molar-refractivity contribution >= 4 is 15.9 Å². The molecule has 106 valence electrons. The maximum Gasteiger partial charge on any atom is 0.129 e. The van der Waals surface area contributed by atoms with Crippen LogP contribution in [0.1, 0.15) is 11.1 Å². The van der Waals surface area contributed by atoms with Gasteiger partial charge in [-0.25, -0.2) is 8.78 Å². The van der Waals surface area contributed by atoms with E-state index >= 15 is 0 Å². The zero-order valence-corrected chi connectivity index (χ0v) is 12.3. The molecule has 0 atom stereocenters. The predicted molar refractivity (Wildman–Crippen MR) is 77.6 cm³/mol. The first-order valence-electron chi connectivity index (χ1n) is 6.15. The molecule has 2 N–H and O–H groups in total. The SMILES string of the molecule is NCCc1cc(F)ccc1OCc1cc(Br)ccc1F. The molecule has 2 nitrogen and oxygen atoms in total. The summed E-state index contributed by atoms with van der Waals surface area (Å²) in [6, 6.07) is 8.88. The van der Waals surface area contributed by atoms with Crippen LogP contribution in [0.4, 0.5) is 8.78 Å². The largest absolute Gasteiger partial charge is 0.489 e. The van der Waals surface area contributed by atoms with Gasteiger partial charge >= 0.3 is 0 Å². The molecule has 5 heteroatoms. The Morgan fingerprint density at radius 2 is 1.85 bits per heavy atom. The smallest absolute Gasteiger partial charge is 0.129 e. The Kier molecular flexibility index (Phi) is 5.09. The first kappa shape index (κ1) is 14.9. The van der Waals surface area contributed by atoms with Crippen molar-refractivity contribution in [1.29, 1.82) is 0 Å². The van der Waals surface area contributed by atoms with Crippen molar-refractivity contribution in [3.8, 4) is 5.75 Å². The molecule has 0 radical (unpaired) electrons. The van der Waals surface area contributed by atoms with E-state index in [0.717, 1.165) is 4.47 Å². The molecule has 2 aromatic rings. The number of nitrogens with two attached hydrogens (primary N) is 1. The van der Waals surface area contributed by atoms with E-state index in [0.29, 0.717) is 29.8 Å². The van der Waals surface area contributed by atoms with Gasteiger partial charge in [0.05, 0.1) is 0 Å². The molecule has 0 aliphatic heterocycles. The normalized spacial score (nSPS) is 10.6. The molecule has 0 heterocycles. The lowest BCUT2D eigenvalue weighted by Gasteiger charge is -2.12. The van der Waals surface area contributed by atoms with E-state index < -0.39 is 0 Å². The maximum atomic E-state index is 13.6. The Bertz CT molecular complexity index is 604. The molecule has 0 spiro atoms. The van der Waals surface area contributed by atoms with Gasteiger partial charge in [-0.2, -0.15) is 0 Å². The van der Waals surface area contributed by atoms with Crippen molar-refractivity contribution in [3.05, 3.63) is 63.6 Å². The van der Waals surface area contributed by atoms with Crippen molar-refractivity contribution in [2.24, 2.45) is 5.73 Å². The Labute approximate surface area is 124 Å². The minimum Gasteiger partial charge on any atom is -0.489 e. The maximum absolute atomic E-state index is 13.6. The molecule has 0 bridgehead atoms. The van der Waals surface area contributed by atoms with Gasteiger partial charge in [0.2, 0.25) is 0 Å². The topological polar surface area (TPSA) is 35.2 Å². The monoisotopic (exact) mass is 341 g/mol. The molecule has 0 aliphatic rings. The number of rotatable bonds is 5. The summed E-state index contributed by atoms with van der Waals surface area (Å²) < 4.78 is 33.2. The van der Waals surface area contributed by atoms with Crippen LogP contribution in [0.5, 0.6) is 5.75 Å². The molecule has 0 fully saturated rings. The molecule has 2 aromatic carbocycles. The van der Waals surface area contributed by atoms with E-state index in [1.54, 1.807) is 12.1 Å². The summed E-state index contributed by atoms with van der Waals surface area (Å²) >= 11 is 3.28. The Morgan fingerprint density at radius 3 is 2.60 bits per heavy atom. The van der Waals surface area contributed by atoms with Crippen LogP contribution >= 0.6 is 15.9 Å². The highest BCUT2D eigenvalue weighted by Crippen LogP contribution is 2.23. The van der Waals surface area contributed by atoms with E-state index in [-0.39, 0.29) is 18.2 Å². The zero-order chi connectivity index (χ0) is 14.5. The van der Waals surface area contributed by atoms with Gasteiger partial charge in [-0.1, -0.05) is 15.9 Å². The fourth-order valence-corrected chi connectivity index (χ4v) is 2.26. The van der Waals surface area contributed by atoms with Gasteiger partial charge in [0, 0.05) is 10.0 Å². The minimum absolute atomic E-state index is 0.0779. The number of benzene rings is 2. The second kappa shape index (κ2) is 6.81. The van der Waals surface area contributed by atoms with E-state index in [2.05, 4.69) is 15.9 Å². The molecular weight excluding hydrogens is 328 g/mol. The molecule has 0 aliphatic carbocycles. The first-order valence-corrected chi connectivity index (χ1v) is 6.94. The Balaban J connectivity index is 2.16. The van der Waals surface area contributed by atoms with Crippen molar-refractivity contribution in [2.75, 3.05) is 6.54 Å². The third-order valence-corrected chi connectivity index (χ3v) is 3.32. The highest BCUT2D eigenvalue weighted by molar-refractivity contribution is 9.10. The number of halogens is 3. The molecule has 0 amide bonds. The van der Waals surface area contributed by atoms with Crippen molar-refractivity contribution in [3.63, 3.8) is 0 Å². The molecule has 20 heavy (non-hydrogen) atoms. The van der Waals surface area contributed by atoms with Crippen LogP contribution in [0, 0.1) is 11.6 Å². The number of ether oxygens (including phenoxy) is 1. The summed E-state index contributed by atoms with van der Waals surface area (Å²) in [4.78, 5) is 0. The summed E-state index contributed by atoms with van der Waals surface area (Å²) in [5.74, 6) is -0.152. The van der Waals surface area contributed by atoms with Gasteiger partial charge in [-0.15, -0.1) is 0 Å². The molecular formula is C15H14BrF2NO. The fourth-order valence-electron chi connectivity index (χ4n) is 1.85. The van der Waals surface area contributed by atoms with Gasteiger partial charge in [-0.05, 0) is 54.9 Å². The van der Waals surface area contributed by atoms with Crippen molar-refractivity contribution in [1.82, 2.24) is 0 Å². The van der Waals surface area contributed by atoms with E-state index in [9.17, 15) is 8.78 Å². The third-order valence-electron chi connectivity index (χ3n) is 2.83. The fraction of sp³-hybridized carbons (Fsp3) is 0.200. The van der Waals surface area contributed by atoms with Gasteiger partial charge < -0.3 is 10.5 Å². The molecule has 0 aromatic heterocycles. The van der Waals surface area contributed by atoms with Gasteiger partial charge in [0.25, 0.3) is 0 Å². The van der Waals surface area contributed by atoms with Crippen LogP contribution in [0.2, 0.25) is 0 Å². The average Bonchev–Trinajstić information content (AvgIpc) is 2.42. The van der Waals surface area contributed by atoms with Crippen LogP contribution in [0.3, 0.4) is 0 Å². The second-order valence-corrected chi connectivity index (χ2v) is 5.23. The van der Waals surface area contributed by atoms with Crippen molar-refractivity contribution in [2.45, 2.75) is 13.0 Å². The van der Waals surface area contributed by atoms with E-state index in [1.165, 1.54) is 24.3 Å². The molecule has 0 saturated carbocycles. The third kappa shape index (κ3) is 3.77. The summed E-state index contributed by atoms with van der Waals surface area (Å²) in [5, 5.41) is 0. The molecule has 0 saturated heterocycles.